The molecule has 2 rings (SSSR count). The predicted molar refractivity (Wildman–Crippen MR) is 291 cm³/mol. The Bertz CT molecular complexity index is 2390. The zero-order valence-corrected chi connectivity index (χ0v) is 47.7. The number of benzene rings is 1. The van der Waals surface area contributed by atoms with Gasteiger partial charge in [-0.1, -0.05) is 62.0 Å². The highest BCUT2D eigenvalue weighted by Crippen LogP contribution is 2.16. The van der Waals surface area contributed by atoms with E-state index >= 15 is 0 Å². The van der Waals surface area contributed by atoms with Crippen molar-refractivity contribution < 1.29 is 52.7 Å². The molecule has 0 aliphatic rings. The maximum Gasteiger partial charge on any atom is 0.292 e. The largest absolute Gasteiger partial charge is 0.497 e. The Morgan fingerprint density at radius 2 is 1.10 bits per heavy atom. The lowest BCUT2D eigenvalue weighted by Crippen LogP contribution is -2.64. The summed E-state index contributed by atoms with van der Waals surface area (Å²) < 4.78 is 5.17. The number of unbranched alkanes of at least 4 members (excludes halogenated alkanes) is 2. The van der Waals surface area contributed by atoms with Crippen molar-refractivity contribution >= 4 is 59.1 Å². The molecule has 1 aromatic carbocycles. The van der Waals surface area contributed by atoms with E-state index in [4.69, 9.17) is 10.5 Å². The highest BCUT2D eigenvalue weighted by Gasteiger charge is 2.38. The van der Waals surface area contributed by atoms with Crippen molar-refractivity contribution in [2.75, 3.05) is 20.2 Å². The Balaban J connectivity index is 2.27. The topological polar surface area (TPSA) is 358 Å². The fourth-order valence-electron chi connectivity index (χ4n) is 7.80. The van der Waals surface area contributed by atoms with Gasteiger partial charge in [0.25, 0.3) is 11.7 Å². The van der Waals surface area contributed by atoms with Gasteiger partial charge in [-0.15, -0.1) is 15.0 Å². The highest BCUT2D eigenvalue weighted by molar-refractivity contribution is 5.99. The quantitative estimate of drug-likeness (QED) is 0.0347. The molecule has 0 spiro atoms. The normalized spacial score (nSPS) is 13.7. The molecule has 78 heavy (non-hydrogen) atoms. The van der Waals surface area contributed by atoms with Gasteiger partial charge in [0.2, 0.25) is 53.2 Å². The predicted octanol–water partition coefficient (Wildman–Crippen LogP) is 1.15. The third kappa shape index (κ3) is 23.0. The van der Waals surface area contributed by atoms with Crippen molar-refractivity contribution in [2.24, 2.45) is 29.4 Å². The minimum atomic E-state index is -1.69. The smallest absolute Gasteiger partial charge is 0.292 e. The Morgan fingerprint density at radius 3 is 1.56 bits per heavy atom. The van der Waals surface area contributed by atoms with Crippen LogP contribution in [-0.2, 0) is 43.2 Å². The zero-order valence-electron chi connectivity index (χ0n) is 47.7. The molecule has 1 aromatic heterocycles. The molecule has 0 saturated carbocycles. The molecule has 1 heterocycles. The zero-order chi connectivity index (χ0) is 59.0. The Kier molecular flexibility index (Phi) is 27.6. The molecule has 0 aliphatic carbocycles. The second-order valence-electron chi connectivity index (χ2n) is 21.5. The summed E-state index contributed by atoms with van der Waals surface area (Å²) in [7, 11) is 1.53. The van der Waals surface area contributed by atoms with Gasteiger partial charge in [-0.2, -0.15) is 0 Å². The lowest BCUT2D eigenvalue weighted by molar-refractivity contribution is -0.138. The van der Waals surface area contributed by atoms with Gasteiger partial charge in [-0.3, -0.25) is 47.9 Å². The van der Waals surface area contributed by atoms with Crippen LogP contribution in [0.1, 0.15) is 145 Å². The van der Waals surface area contributed by atoms with Crippen molar-refractivity contribution in [3.8, 4) is 11.4 Å². The first kappa shape index (κ1) is 66.6. The van der Waals surface area contributed by atoms with Crippen LogP contribution < -0.4 is 58.3 Å². The molecule has 0 bridgehead atoms. The summed E-state index contributed by atoms with van der Waals surface area (Å²) in [4.78, 5) is 134. The minimum Gasteiger partial charge on any atom is -0.497 e. The first-order valence-corrected chi connectivity index (χ1v) is 26.5. The van der Waals surface area contributed by atoms with Crippen molar-refractivity contribution in [1.29, 1.82) is 0 Å². The fourth-order valence-corrected chi connectivity index (χ4v) is 7.80. The Morgan fingerprint density at radius 1 is 0.628 bits per heavy atom. The minimum absolute atomic E-state index is 0.0257. The number of hydrogen-bond donors (Lipinski definition) is 10. The van der Waals surface area contributed by atoms with Crippen molar-refractivity contribution in [3.05, 3.63) is 42.2 Å². The highest BCUT2D eigenvalue weighted by atomic mass is 16.5. The first-order valence-electron chi connectivity index (χ1n) is 26.5. The Labute approximate surface area is 458 Å². The SMILES string of the molecule is C=C(C)C(=O)NCCCCC(NC(=O)C(NC(C)=O)C(C)C)C(=O)NC(CC(C)C)C(=O)NC(C)(C)C(=O)NC(C(=O)NC(CCCCNC(=O)c1nnn(-c2ccc(OC)cc2)n1)C(=O)NC(CC(C)C)C(N)=O)C(C)C. The van der Waals surface area contributed by atoms with E-state index in [1.54, 1.807) is 58.9 Å². The summed E-state index contributed by atoms with van der Waals surface area (Å²) in [6.07, 6.45) is 1.94. The van der Waals surface area contributed by atoms with Gasteiger partial charge in [-0.25, -0.2) is 0 Å². The Hall–Kier alpha value is -7.47. The van der Waals surface area contributed by atoms with Crippen LogP contribution in [0.15, 0.2) is 36.4 Å². The molecule has 6 unspecified atom stereocenters. The third-order valence-corrected chi connectivity index (χ3v) is 12.2. The molecule has 0 radical (unpaired) electrons. The number of nitrogens with zero attached hydrogens (tertiary/aromatic N) is 4. The number of tetrazole rings is 1. The van der Waals surface area contributed by atoms with E-state index < -0.39 is 101 Å². The molecule has 25 nitrogen and oxygen atoms in total. The van der Waals surface area contributed by atoms with Crippen molar-refractivity contribution in [1.82, 2.24) is 68.1 Å². The van der Waals surface area contributed by atoms with Gasteiger partial charge in [0, 0.05) is 25.6 Å². The summed E-state index contributed by atoms with van der Waals surface area (Å²) in [6.45, 7) is 23.9. The standard InChI is InChI=1S/C53H86N14O11/c1-29(2)27-39(43(54)69)60-46(71)37(19-16-18-26-56-51(76)44-64-66-67(65-44)35-21-23-36(78-14)24-22-35)59-50(75)42(32(7)8)62-52(77)53(12,13)63-48(73)40(28-30(3)4)61-47(72)38(20-15-17-25-55-45(70)33(9)10)58-49(74)41(31(5)6)57-34(11)68/h21-24,29-32,37-42H,9,15-20,25-28H2,1-8,10-14H3,(H2,54,69)(H,55,70)(H,56,76)(H,57,68)(H,58,74)(H,59,75)(H,60,71)(H,61,72)(H,62,77)(H,63,73). The van der Waals surface area contributed by atoms with E-state index in [0.717, 1.165) is 0 Å². The number of carbonyl (C=O) groups excluding carboxylic acids is 10. The van der Waals surface area contributed by atoms with E-state index in [1.807, 2.05) is 27.7 Å². The lowest BCUT2D eigenvalue weighted by atomic mass is 9.97. The van der Waals surface area contributed by atoms with E-state index in [0.29, 0.717) is 42.7 Å². The number of primary amides is 1. The average Bonchev–Trinajstić information content (AvgIpc) is 3.85. The molecule has 0 fully saturated rings. The maximum atomic E-state index is 14.2. The van der Waals surface area contributed by atoms with Crippen molar-refractivity contribution in [2.45, 2.75) is 176 Å². The molecule has 2 aromatic rings. The van der Waals surface area contributed by atoms with Crippen LogP contribution in [0.5, 0.6) is 5.75 Å². The van der Waals surface area contributed by atoms with Gasteiger partial charge in [0.05, 0.1) is 12.8 Å². The number of amides is 10. The second kappa shape index (κ2) is 32.3. The van der Waals surface area contributed by atoms with E-state index in [-0.39, 0.29) is 68.3 Å². The average molecular weight is 1100 g/mol. The number of nitrogens with two attached hydrogens (primary N) is 1. The van der Waals surface area contributed by atoms with Crippen molar-refractivity contribution in [3.63, 3.8) is 0 Å². The van der Waals surface area contributed by atoms with Crippen LogP contribution in [0.3, 0.4) is 0 Å². The van der Waals surface area contributed by atoms with Gasteiger partial charge >= 0.3 is 0 Å². The fraction of sp³-hybridized carbons (Fsp3) is 0.642. The summed E-state index contributed by atoms with van der Waals surface area (Å²) in [5.41, 5.74) is 4.83. The summed E-state index contributed by atoms with van der Waals surface area (Å²) in [5.74, 6) is -7.01. The second-order valence-corrected chi connectivity index (χ2v) is 21.5. The summed E-state index contributed by atoms with van der Waals surface area (Å²) >= 11 is 0. The number of nitrogens with one attached hydrogen (secondary N) is 9. The van der Waals surface area contributed by atoms with E-state index in [1.165, 1.54) is 32.7 Å². The maximum absolute atomic E-state index is 14.2. The number of ether oxygens (including phenoxy) is 1. The van der Waals surface area contributed by atoms with Crippen LogP contribution in [-0.4, -0.2) is 141 Å². The summed E-state index contributed by atoms with van der Waals surface area (Å²) in [6, 6.07) is -0.0571. The molecule has 0 aliphatic heterocycles. The number of hydrogen-bond acceptors (Lipinski definition) is 14. The molecule has 6 atom stereocenters. The van der Waals surface area contributed by atoms with Crippen LogP contribution in [0.4, 0.5) is 0 Å². The van der Waals surface area contributed by atoms with Crippen LogP contribution in [0, 0.1) is 23.7 Å². The molecule has 0 saturated heterocycles. The first-order chi connectivity index (χ1) is 36.5. The van der Waals surface area contributed by atoms with Crippen LogP contribution >= 0.6 is 0 Å². The third-order valence-electron chi connectivity index (χ3n) is 12.2. The van der Waals surface area contributed by atoms with Gasteiger partial charge in [0.15, 0.2) is 0 Å². The van der Waals surface area contributed by atoms with Gasteiger partial charge in [0.1, 0.15) is 47.5 Å². The number of carbonyl (C=O) groups is 10. The monoisotopic (exact) mass is 1090 g/mol. The molecule has 11 N–H and O–H groups in total. The van der Waals surface area contributed by atoms with Gasteiger partial charge < -0.3 is 58.3 Å². The van der Waals surface area contributed by atoms with E-state index in [9.17, 15) is 47.9 Å². The number of methoxy groups -OCH3 is 1. The molecule has 25 heteroatoms. The molecule has 10 amide bonds. The van der Waals surface area contributed by atoms with E-state index in [2.05, 4.69) is 69.8 Å². The molecule has 434 valence electrons. The molecular weight excluding hydrogens is 1010 g/mol. The van der Waals surface area contributed by atoms with Crippen LogP contribution in [0.2, 0.25) is 0 Å². The summed E-state index contributed by atoms with van der Waals surface area (Å²) in [5, 5.41) is 36.3. The molecular formula is C53H86N14O11. The number of aromatic nitrogens is 4. The number of rotatable bonds is 34. The van der Waals surface area contributed by atoms with Crippen LogP contribution in [0.25, 0.3) is 5.69 Å². The lowest BCUT2D eigenvalue weighted by Gasteiger charge is -2.32. The van der Waals surface area contributed by atoms with Gasteiger partial charge in [-0.05, 0) is 125 Å².